The molecule has 9 nitrogen and oxygen atoms in total. The minimum Gasteiger partial charge on any atom is -0.497 e. The Morgan fingerprint density at radius 3 is 2.17 bits per heavy atom. The first-order chi connectivity index (χ1) is 19.5. The van der Waals surface area contributed by atoms with Crippen LogP contribution in [-0.4, -0.2) is 64.7 Å². The van der Waals surface area contributed by atoms with Gasteiger partial charge in [-0.15, -0.1) is 0 Å². The summed E-state index contributed by atoms with van der Waals surface area (Å²) in [5, 5.41) is 3.41. The predicted molar refractivity (Wildman–Crippen MR) is 161 cm³/mol. The van der Waals surface area contributed by atoms with Crippen molar-refractivity contribution in [2.45, 2.75) is 25.9 Å². The number of anilines is 1. The van der Waals surface area contributed by atoms with E-state index in [0.29, 0.717) is 27.9 Å². The second-order valence-electron chi connectivity index (χ2n) is 9.13. The van der Waals surface area contributed by atoms with E-state index < -0.39 is 34.4 Å². The lowest BCUT2D eigenvalue weighted by atomic mass is 10.0. The van der Waals surface area contributed by atoms with Gasteiger partial charge < -0.3 is 19.7 Å². The molecule has 1 atom stereocenters. The van der Waals surface area contributed by atoms with E-state index in [9.17, 15) is 18.0 Å². The normalized spacial score (nSPS) is 11.9. The van der Waals surface area contributed by atoms with Crippen LogP contribution in [0, 0.1) is 0 Å². The lowest BCUT2D eigenvalue weighted by Crippen LogP contribution is -2.53. The maximum Gasteiger partial charge on any atom is 0.244 e. The molecule has 0 saturated carbocycles. The molecule has 220 valence electrons. The number of likely N-dealkylation sites (N-methyl/N-ethyl adjacent to an activating group) is 1. The van der Waals surface area contributed by atoms with Gasteiger partial charge in [-0.2, -0.15) is 0 Å². The van der Waals surface area contributed by atoms with Gasteiger partial charge in [-0.05, 0) is 36.8 Å². The van der Waals surface area contributed by atoms with Crippen LogP contribution < -0.4 is 19.1 Å². The number of benzene rings is 3. The van der Waals surface area contributed by atoms with Gasteiger partial charge in [-0.1, -0.05) is 59.6 Å². The highest BCUT2D eigenvalue weighted by atomic mass is 35.5. The molecule has 0 aromatic heterocycles. The molecule has 0 saturated heterocycles. The van der Waals surface area contributed by atoms with Crippen LogP contribution in [0.5, 0.6) is 11.5 Å². The van der Waals surface area contributed by atoms with Gasteiger partial charge in [0, 0.05) is 41.2 Å². The van der Waals surface area contributed by atoms with E-state index in [-0.39, 0.29) is 24.4 Å². The highest BCUT2D eigenvalue weighted by molar-refractivity contribution is 7.92. The molecule has 3 aromatic rings. The van der Waals surface area contributed by atoms with Crippen LogP contribution in [0.1, 0.15) is 18.1 Å². The Morgan fingerprint density at radius 1 is 0.951 bits per heavy atom. The molecule has 1 N–H and O–H groups in total. The summed E-state index contributed by atoms with van der Waals surface area (Å²) in [6.45, 7) is 1.33. The number of sulfonamides is 1. The molecular weight excluding hydrogens is 589 g/mol. The molecule has 41 heavy (non-hydrogen) atoms. The Hall–Kier alpha value is -3.47. The van der Waals surface area contributed by atoms with Crippen molar-refractivity contribution in [2.24, 2.45) is 0 Å². The summed E-state index contributed by atoms with van der Waals surface area (Å²) in [4.78, 5) is 28.9. The van der Waals surface area contributed by atoms with Crippen molar-refractivity contribution in [2.75, 3.05) is 37.9 Å². The second-order valence-corrected chi connectivity index (χ2v) is 11.9. The average Bonchev–Trinajstić information content (AvgIpc) is 2.94. The van der Waals surface area contributed by atoms with Crippen LogP contribution in [0.3, 0.4) is 0 Å². The van der Waals surface area contributed by atoms with E-state index in [0.717, 1.165) is 16.1 Å². The number of rotatable bonds is 13. The van der Waals surface area contributed by atoms with Crippen molar-refractivity contribution in [3.63, 3.8) is 0 Å². The van der Waals surface area contributed by atoms with Crippen molar-refractivity contribution in [3.05, 3.63) is 87.9 Å². The number of hydrogen-bond acceptors (Lipinski definition) is 6. The number of hydrogen-bond donors (Lipinski definition) is 1. The second kappa shape index (κ2) is 14.4. The van der Waals surface area contributed by atoms with E-state index in [2.05, 4.69) is 5.32 Å². The van der Waals surface area contributed by atoms with Gasteiger partial charge in [0.25, 0.3) is 0 Å². The van der Waals surface area contributed by atoms with E-state index in [1.807, 2.05) is 30.3 Å². The van der Waals surface area contributed by atoms with Crippen molar-refractivity contribution < 1.29 is 27.5 Å². The fourth-order valence-electron chi connectivity index (χ4n) is 4.29. The topological polar surface area (TPSA) is 105 Å². The lowest BCUT2D eigenvalue weighted by Gasteiger charge is -2.34. The third kappa shape index (κ3) is 8.28. The maximum absolute atomic E-state index is 14.2. The molecular formula is C29H33Cl2N3O6S. The number of carbonyl (C=O) groups is 2. The third-order valence-electron chi connectivity index (χ3n) is 6.35. The average molecular weight is 623 g/mol. The van der Waals surface area contributed by atoms with Gasteiger partial charge in [-0.25, -0.2) is 8.42 Å². The smallest absolute Gasteiger partial charge is 0.244 e. The van der Waals surface area contributed by atoms with Crippen molar-refractivity contribution >= 4 is 50.7 Å². The molecule has 3 aromatic carbocycles. The van der Waals surface area contributed by atoms with Gasteiger partial charge in [0.05, 0.1) is 26.2 Å². The monoisotopic (exact) mass is 621 g/mol. The molecule has 0 bridgehead atoms. The molecule has 0 heterocycles. The fraction of sp³-hybridized carbons (Fsp3) is 0.310. The Bertz CT molecular complexity index is 1450. The summed E-state index contributed by atoms with van der Waals surface area (Å²) < 4.78 is 37.7. The summed E-state index contributed by atoms with van der Waals surface area (Å²) in [7, 11) is -1.18. The number of methoxy groups -OCH3 is 2. The van der Waals surface area contributed by atoms with Crippen LogP contribution in [-0.2, 0) is 32.6 Å². The molecule has 0 radical (unpaired) electrons. The highest BCUT2D eigenvalue weighted by Gasteiger charge is 2.34. The van der Waals surface area contributed by atoms with Crippen molar-refractivity contribution in [1.29, 1.82) is 0 Å². The van der Waals surface area contributed by atoms with Crippen molar-refractivity contribution in [3.8, 4) is 11.5 Å². The van der Waals surface area contributed by atoms with Gasteiger partial charge in [0.15, 0.2) is 0 Å². The van der Waals surface area contributed by atoms with Gasteiger partial charge >= 0.3 is 0 Å². The molecule has 0 unspecified atom stereocenters. The number of carbonyl (C=O) groups excluding carboxylic acids is 2. The minimum absolute atomic E-state index is 0.107. The number of nitrogens with one attached hydrogen (secondary N) is 1. The standard InChI is InChI=1S/C29H33Cl2N3O6S/c1-5-32-29(36)26(16-20-10-7-6-8-11-20)33(18-22-23(30)12-9-13-24(22)31)28(35)19-34(41(4,37)38)25-17-21(39-2)14-15-27(25)40-3/h6-15,17,26H,5,16,18-19H2,1-4H3,(H,32,36)/t26-/m0/s1. The van der Waals surface area contributed by atoms with Crippen LogP contribution >= 0.6 is 23.2 Å². The van der Waals surface area contributed by atoms with E-state index in [4.69, 9.17) is 32.7 Å². The Morgan fingerprint density at radius 2 is 1.61 bits per heavy atom. The zero-order chi connectivity index (χ0) is 30.2. The van der Waals surface area contributed by atoms with Gasteiger partial charge in [0.2, 0.25) is 21.8 Å². The fourth-order valence-corrected chi connectivity index (χ4v) is 5.65. The summed E-state index contributed by atoms with van der Waals surface area (Å²) in [5.74, 6) is -0.471. The predicted octanol–water partition coefficient (Wildman–Crippen LogP) is 4.55. The van der Waals surface area contributed by atoms with Gasteiger partial charge in [-0.3, -0.25) is 13.9 Å². The third-order valence-corrected chi connectivity index (χ3v) is 8.18. The van der Waals surface area contributed by atoms with E-state index >= 15 is 0 Å². The Labute approximate surface area is 251 Å². The van der Waals surface area contributed by atoms with Gasteiger partial charge in [0.1, 0.15) is 24.1 Å². The summed E-state index contributed by atoms with van der Waals surface area (Å²) in [6.07, 6.45) is 1.15. The number of amides is 2. The molecule has 3 rings (SSSR count). The highest BCUT2D eigenvalue weighted by Crippen LogP contribution is 2.34. The molecule has 0 aliphatic rings. The van der Waals surface area contributed by atoms with Crippen LogP contribution in [0.2, 0.25) is 10.0 Å². The first kappa shape index (κ1) is 32.0. The number of ether oxygens (including phenoxy) is 2. The Kier molecular flexibility index (Phi) is 11.3. The number of halogens is 2. The lowest BCUT2D eigenvalue weighted by molar-refractivity contribution is -0.140. The summed E-state index contributed by atoms with van der Waals surface area (Å²) in [5.41, 5.74) is 1.34. The molecule has 0 aliphatic carbocycles. The number of nitrogens with zero attached hydrogens (tertiary/aromatic N) is 2. The summed E-state index contributed by atoms with van der Waals surface area (Å²) >= 11 is 12.9. The first-order valence-electron chi connectivity index (χ1n) is 12.7. The van der Waals surface area contributed by atoms with Crippen LogP contribution in [0.25, 0.3) is 0 Å². The molecule has 0 aliphatic heterocycles. The SMILES string of the molecule is CCNC(=O)[C@H](Cc1ccccc1)N(Cc1c(Cl)cccc1Cl)C(=O)CN(c1cc(OC)ccc1OC)S(C)(=O)=O. The zero-order valence-corrected chi connectivity index (χ0v) is 25.6. The molecule has 2 amide bonds. The van der Waals surface area contributed by atoms with E-state index in [1.54, 1.807) is 37.3 Å². The first-order valence-corrected chi connectivity index (χ1v) is 15.3. The zero-order valence-electron chi connectivity index (χ0n) is 23.3. The maximum atomic E-state index is 14.2. The molecule has 0 fully saturated rings. The van der Waals surface area contributed by atoms with E-state index in [1.165, 1.54) is 25.2 Å². The minimum atomic E-state index is -4.01. The Balaban J connectivity index is 2.14. The van der Waals surface area contributed by atoms with Crippen LogP contribution in [0.4, 0.5) is 5.69 Å². The van der Waals surface area contributed by atoms with Crippen molar-refractivity contribution in [1.82, 2.24) is 10.2 Å². The quantitative estimate of drug-likeness (QED) is 0.300. The largest absolute Gasteiger partial charge is 0.497 e. The molecule has 0 spiro atoms. The summed E-state index contributed by atoms with van der Waals surface area (Å²) in [6, 6.07) is 17.8. The van der Waals surface area contributed by atoms with Crippen LogP contribution in [0.15, 0.2) is 66.7 Å². The molecule has 12 heteroatoms.